The second-order valence-electron chi connectivity index (χ2n) is 18.1. The number of hydrogen-bond donors (Lipinski definition) is 3. The lowest BCUT2D eigenvalue weighted by Crippen LogP contribution is -2.49. The minimum atomic E-state index is -0.564. The first-order valence-electron chi connectivity index (χ1n) is 19.2. The predicted octanol–water partition coefficient (Wildman–Crippen LogP) is 11.0. The topological polar surface area (TPSA) is 60.7 Å². The van der Waals surface area contributed by atoms with Gasteiger partial charge in [-0.25, -0.2) is 0 Å². The molecule has 44 heavy (non-hydrogen) atoms. The molecule has 260 valence electrons. The van der Waals surface area contributed by atoms with Gasteiger partial charge in [-0.15, -0.1) is 0 Å². The van der Waals surface area contributed by atoms with Gasteiger partial charge in [-0.05, 0) is 89.4 Å². The third kappa shape index (κ3) is 12.3. The smallest absolute Gasteiger partial charge is 0.0827 e. The van der Waals surface area contributed by atoms with E-state index in [0.717, 1.165) is 42.1 Å². The van der Waals surface area contributed by atoms with Gasteiger partial charge in [-0.3, -0.25) is 0 Å². The zero-order valence-corrected chi connectivity index (χ0v) is 31.2. The molecule has 2 saturated carbocycles. The number of rotatable bonds is 19. The third-order valence-corrected chi connectivity index (χ3v) is 13.0. The van der Waals surface area contributed by atoms with Crippen molar-refractivity contribution < 1.29 is 15.3 Å². The average Bonchev–Trinajstić information content (AvgIpc) is 2.92. The van der Waals surface area contributed by atoms with Crippen LogP contribution in [0.15, 0.2) is 12.2 Å². The molecule has 0 aliphatic heterocycles. The molecule has 0 spiro atoms. The van der Waals surface area contributed by atoms with Gasteiger partial charge in [-0.1, -0.05) is 153 Å². The Balaban J connectivity index is 1.51. The van der Waals surface area contributed by atoms with Gasteiger partial charge in [0.2, 0.25) is 0 Å². The van der Waals surface area contributed by atoms with Crippen LogP contribution in [0.2, 0.25) is 0 Å². The van der Waals surface area contributed by atoms with E-state index in [0.29, 0.717) is 17.8 Å². The lowest BCUT2D eigenvalue weighted by molar-refractivity contribution is -0.112. The molecule has 3 nitrogen and oxygen atoms in total. The lowest BCUT2D eigenvalue weighted by atomic mass is 9.60. The summed E-state index contributed by atoms with van der Waals surface area (Å²) in [6, 6.07) is 0. The minimum absolute atomic E-state index is 0.107. The number of hydrogen-bond acceptors (Lipinski definition) is 3. The standard InChI is InChI=1S/C41H78O3/c1-28(18-14-20-30(3)22-24-35-32(5)33(6)37(42)26-40(35,8)9)16-12-13-17-29(2)19-15-21-31(4)23-25-36-34(7)39(44)38(43)27-41(36,10)11/h28-32,34-39,42-44H,6,12-27H2,1-5,7-11H3/t28?,29?,30?,31?,32?,34?,35-,36?,37?,38?,39?/m0/s1. The molecule has 2 fully saturated rings. The molecule has 3 heteroatoms. The molecule has 2 rings (SSSR count). The summed E-state index contributed by atoms with van der Waals surface area (Å²) in [5, 5.41) is 31.0. The van der Waals surface area contributed by atoms with E-state index in [2.05, 4.69) is 75.8 Å². The summed E-state index contributed by atoms with van der Waals surface area (Å²) >= 11 is 0. The fraction of sp³-hybridized carbons (Fsp3) is 0.951. The molecular weight excluding hydrogens is 540 g/mol. The van der Waals surface area contributed by atoms with E-state index in [4.69, 9.17) is 0 Å². The van der Waals surface area contributed by atoms with Gasteiger partial charge in [0.1, 0.15) is 0 Å². The van der Waals surface area contributed by atoms with E-state index in [-0.39, 0.29) is 22.9 Å². The summed E-state index contributed by atoms with van der Waals surface area (Å²) in [5.41, 5.74) is 1.37. The first-order chi connectivity index (χ1) is 20.5. The van der Waals surface area contributed by atoms with E-state index >= 15 is 0 Å². The normalized spacial score (nSPS) is 33.1. The molecule has 0 saturated heterocycles. The van der Waals surface area contributed by atoms with E-state index in [1.807, 2.05) is 0 Å². The number of unbranched alkanes of at least 4 members (excludes halogenated alkanes) is 1. The molecule has 0 aromatic heterocycles. The highest BCUT2D eigenvalue weighted by Crippen LogP contribution is 2.49. The number of aliphatic hydroxyl groups excluding tert-OH is 3. The predicted molar refractivity (Wildman–Crippen MR) is 191 cm³/mol. The molecule has 10 unspecified atom stereocenters. The lowest BCUT2D eigenvalue weighted by Gasteiger charge is -2.48. The third-order valence-electron chi connectivity index (χ3n) is 13.0. The monoisotopic (exact) mass is 619 g/mol. The Morgan fingerprint density at radius 2 is 1.00 bits per heavy atom. The molecule has 0 radical (unpaired) electrons. The highest BCUT2D eigenvalue weighted by Gasteiger charge is 2.45. The second-order valence-corrected chi connectivity index (χ2v) is 18.1. The van der Waals surface area contributed by atoms with Crippen molar-refractivity contribution in [3.05, 3.63) is 12.2 Å². The van der Waals surface area contributed by atoms with Gasteiger partial charge < -0.3 is 15.3 Å². The van der Waals surface area contributed by atoms with Crippen LogP contribution in [0.5, 0.6) is 0 Å². The van der Waals surface area contributed by atoms with E-state index < -0.39 is 12.2 Å². The van der Waals surface area contributed by atoms with Gasteiger partial charge in [-0.2, -0.15) is 0 Å². The highest BCUT2D eigenvalue weighted by molar-refractivity contribution is 5.14. The summed E-state index contributed by atoms with van der Waals surface area (Å²) in [7, 11) is 0. The number of aliphatic hydroxyl groups is 3. The van der Waals surface area contributed by atoms with E-state index in [9.17, 15) is 15.3 Å². The van der Waals surface area contributed by atoms with Crippen molar-refractivity contribution in [3.8, 4) is 0 Å². The van der Waals surface area contributed by atoms with Crippen molar-refractivity contribution in [2.45, 2.75) is 190 Å². The Labute approximate surface area is 275 Å². The van der Waals surface area contributed by atoms with Crippen LogP contribution in [0, 0.1) is 58.2 Å². The van der Waals surface area contributed by atoms with Crippen molar-refractivity contribution in [1.29, 1.82) is 0 Å². The Bertz CT molecular complexity index is 817. The van der Waals surface area contributed by atoms with Crippen LogP contribution in [-0.4, -0.2) is 33.6 Å². The zero-order chi connectivity index (χ0) is 33.2. The molecule has 0 aromatic rings. The van der Waals surface area contributed by atoms with Crippen molar-refractivity contribution in [3.63, 3.8) is 0 Å². The fourth-order valence-electron chi connectivity index (χ4n) is 9.55. The van der Waals surface area contributed by atoms with E-state index in [1.54, 1.807) is 0 Å². The molecule has 2 aliphatic rings. The van der Waals surface area contributed by atoms with Crippen LogP contribution in [0.25, 0.3) is 0 Å². The molecule has 0 aromatic carbocycles. The van der Waals surface area contributed by atoms with Gasteiger partial charge in [0.15, 0.2) is 0 Å². The van der Waals surface area contributed by atoms with Crippen LogP contribution >= 0.6 is 0 Å². The maximum absolute atomic E-state index is 10.4. The molecule has 3 N–H and O–H groups in total. The molecule has 0 amide bonds. The summed E-state index contributed by atoms with van der Waals surface area (Å²) in [6.45, 7) is 27.7. The average molecular weight is 619 g/mol. The quantitative estimate of drug-likeness (QED) is 0.0997. The maximum Gasteiger partial charge on any atom is 0.0827 e. The second kappa shape index (κ2) is 18.2. The summed E-state index contributed by atoms with van der Waals surface area (Å²) < 4.78 is 0. The molecule has 0 heterocycles. The minimum Gasteiger partial charge on any atom is -0.390 e. The maximum atomic E-state index is 10.4. The van der Waals surface area contributed by atoms with Crippen molar-refractivity contribution in [2.24, 2.45) is 58.2 Å². The Kier molecular flexibility index (Phi) is 16.5. The highest BCUT2D eigenvalue weighted by atomic mass is 16.3. The SMILES string of the molecule is C=C1C(O)CC(C)(C)[C@@H](CCC(C)CCCC(C)CCCCC(C)CCCC(C)CCC2C(C)C(O)C(O)CC2(C)C)C1C. The van der Waals surface area contributed by atoms with Gasteiger partial charge >= 0.3 is 0 Å². The summed E-state index contributed by atoms with van der Waals surface area (Å²) in [6.07, 6.45) is 18.8. The summed E-state index contributed by atoms with van der Waals surface area (Å²) in [5.74, 6) is 4.96. The Morgan fingerprint density at radius 3 is 1.48 bits per heavy atom. The van der Waals surface area contributed by atoms with Crippen molar-refractivity contribution >= 4 is 0 Å². The van der Waals surface area contributed by atoms with Crippen molar-refractivity contribution in [2.75, 3.05) is 0 Å². The Morgan fingerprint density at radius 1 is 0.614 bits per heavy atom. The van der Waals surface area contributed by atoms with Crippen molar-refractivity contribution in [1.82, 2.24) is 0 Å². The molecular formula is C41H78O3. The molecule has 11 atom stereocenters. The van der Waals surface area contributed by atoms with Crippen LogP contribution in [0.4, 0.5) is 0 Å². The van der Waals surface area contributed by atoms with Crippen LogP contribution in [0.1, 0.15) is 172 Å². The van der Waals surface area contributed by atoms with Gasteiger partial charge in [0, 0.05) is 0 Å². The Hall–Kier alpha value is -0.380. The first kappa shape index (κ1) is 39.8. The zero-order valence-electron chi connectivity index (χ0n) is 31.2. The van der Waals surface area contributed by atoms with E-state index in [1.165, 1.54) is 89.9 Å². The van der Waals surface area contributed by atoms with Crippen LogP contribution in [-0.2, 0) is 0 Å². The van der Waals surface area contributed by atoms with Gasteiger partial charge in [0.05, 0.1) is 18.3 Å². The fourth-order valence-corrected chi connectivity index (χ4v) is 9.55. The molecule has 0 bridgehead atoms. The largest absolute Gasteiger partial charge is 0.390 e. The van der Waals surface area contributed by atoms with Gasteiger partial charge in [0.25, 0.3) is 0 Å². The molecule has 2 aliphatic carbocycles. The first-order valence-corrected chi connectivity index (χ1v) is 19.2. The van der Waals surface area contributed by atoms with Crippen LogP contribution < -0.4 is 0 Å². The van der Waals surface area contributed by atoms with Crippen LogP contribution in [0.3, 0.4) is 0 Å². The summed E-state index contributed by atoms with van der Waals surface area (Å²) in [4.78, 5) is 0.